The Morgan fingerprint density at radius 2 is 1.73 bits per heavy atom. The number of piperazine rings is 1. The van der Waals surface area contributed by atoms with Gasteiger partial charge in [-0.05, 0) is 76.8 Å². The molecule has 4 aromatic rings. The van der Waals surface area contributed by atoms with Crippen molar-refractivity contribution < 1.29 is 37.9 Å². The Hall–Kier alpha value is -6.60. The highest BCUT2D eigenvalue weighted by Gasteiger charge is 2.45. The number of carbonyl (C=O) groups is 5. The molecule has 5 amide bonds. The Bertz CT molecular complexity index is 2640. The fourth-order valence-electron chi connectivity index (χ4n) is 9.26. The van der Waals surface area contributed by atoms with Crippen LogP contribution in [-0.4, -0.2) is 114 Å². The Labute approximate surface area is 380 Å². The van der Waals surface area contributed by atoms with Crippen LogP contribution in [0.25, 0.3) is 22.3 Å². The molecule has 2 fully saturated rings. The number of dihydropyridines is 1. The van der Waals surface area contributed by atoms with Crippen molar-refractivity contribution >= 4 is 52.2 Å². The molecule has 19 heteroatoms. The Kier molecular flexibility index (Phi) is 13.6. The first-order chi connectivity index (χ1) is 31.7. The smallest absolute Gasteiger partial charge is 0.259 e. The van der Waals surface area contributed by atoms with Gasteiger partial charge in [-0.1, -0.05) is 31.1 Å². The maximum absolute atomic E-state index is 15.2. The number of fused-ring (bicyclic) bond motifs is 2. The molecule has 4 aliphatic heterocycles. The summed E-state index contributed by atoms with van der Waals surface area (Å²) < 4.78 is 32.2. The molecule has 6 heterocycles. The van der Waals surface area contributed by atoms with Crippen molar-refractivity contribution in [3.05, 3.63) is 88.7 Å². The molecular weight excluding hydrogens is 853 g/mol. The number of amides is 5. The zero-order valence-corrected chi connectivity index (χ0v) is 37.5. The second-order valence-electron chi connectivity index (χ2n) is 17.6. The van der Waals surface area contributed by atoms with Crippen LogP contribution in [0.3, 0.4) is 0 Å². The molecule has 2 saturated heterocycles. The van der Waals surface area contributed by atoms with E-state index >= 15 is 8.78 Å². The molecule has 4 aliphatic rings. The predicted octanol–water partition coefficient (Wildman–Crippen LogP) is 5.21. The normalized spacial score (nSPS) is 20.0. The number of halogens is 2. The lowest BCUT2D eigenvalue weighted by atomic mass is 10.0. The van der Waals surface area contributed by atoms with Gasteiger partial charge in [-0.3, -0.25) is 39.1 Å². The lowest BCUT2D eigenvalue weighted by molar-refractivity contribution is -0.139. The van der Waals surface area contributed by atoms with Crippen molar-refractivity contribution in [2.45, 2.75) is 103 Å². The van der Waals surface area contributed by atoms with Crippen LogP contribution in [0.5, 0.6) is 0 Å². The molecule has 0 spiro atoms. The van der Waals surface area contributed by atoms with Crippen molar-refractivity contribution in [1.82, 2.24) is 44.9 Å². The van der Waals surface area contributed by atoms with E-state index in [-0.39, 0.29) is 82.7 Å². The van der Waals surface area contributed by atoms with Gasteiger partial charge in [-0.25, -0.2) is 23.7 Å². The monoisotopic (exact) mass is 907 g/mol. The van der Waals surface area contributed by atoms with E-state index in [0.717, 1.165) is 49.1 Å². The number of imidazole rings is 1. The van der Waals surface area contributed by atoms with Crippen LogP contribution in [-0.2, 0) is 19.2 Å². The number of allylic oxidation sites excluding steroid dienone is 2. The molecule has 3 unspecified atom stereocenters. The van der Waals surface area contributed by atoms with E-state index in [9.17, 15) is 29.1 Å². The molecule has 0 aliphatic carbocycles. The van der Waals surface area contributed by atoms with Crippen molar-refractivity contribution in [1.29, 1.82) is 0 Å². The molecular formula is C47H55F2N11O6. The van der Waals surface area contributed by atoms with Crippen molar-refractivity contribution in [2.75, 3.05) is 43.4 Å². The molecule has 8 rings (SSSR count). The van der Waals surface area contributed by atoms with Crippen molar-refractivity contribution in [2.24, 2.45) is 0 Å². The van der Waals surface area contributed by atoms with Crippen molar-refractivity contribution in [3.63, 3.8) is 0 Å². The standard InChI is InChI=1S/C47H55F2N11O6/c1-26(2)59-28(4)52-43-32(48)22-30(23-36(43)59)42-33(49)24-50-47(56-42)54-37-16-14-29(27(3)51-37)25-57-18-20-58(21-19-57)40(63)13-8-6-5-7-12-38(61)53-34-11-9-10-31-41(34)46(66)60(45(31)65)35-15-17-39(62)55-44(35)64/h9-11,14,16,22-24,26-27,35,45,51,65H,5-8,12-13,15,17-21,25H2,1-4H3,(H,53,61)(H,50,54,56)(H,55,62,64). The number of aromatic nitrogens is 4. The zero-order valence-electron chi connectivity index (χ0n) is 37.5. The fourth-order valence-corrected chi connectivity index (χ4v) is 9.26. The van der Waals surface area contributed by atoms with Gasteiger partial charge in [0.05, 0.1) is 23.0 Å². The summed E-state index contributed by atoms with van der Waals surface area (Å²) in [6.07, 6.45) is 7.23. The number of hydrogen-bond donors (Lipinski definition) is 5. The summed E-state index contributed by atoms with van der Waals surface area (Å²) >= 11 is 0. The van der Waals surface area contributed by atoms with E-state index in [0.29, 0.717) is 49.5 Å². The number of carbonyl (C=O) groups excluding carboxylic acids is 5. The topological polar surface area (TPSA) is 207 Å². The van der Waals surface area contributed by atoms with Gasteiger partial charge in [-0.2, -0.15) is 0 Å². The quantitative estimate of drug-likeness (QED) is 0.0771. The van der Waals surface area contributed by atoms with Gasteiger partial charge in [0, 0.05) is 75.2 Å². The summed E-state index contributed by atoms with van der Waals surface area (Å²) in [7, 11) is 0. The summed E-state index contributed by atoms with van der Waals surface area (Å²) in [5, 5.41) is 22.5. The van der Waals surface area contributed by atoms with Gasteiger partial charge in [0.15, 0.2) is 17.9 Å². The minimum atomic E-state index is -1.38. The summed E-state index contributed by atoms with van der Waals surface area (Å²) in [6, 6.07) is 6.73. The Morgan fingerprint density at radius 3 is 2.45 bits per heavy atom. The van der Waals surface area contributed by atoms with Crippen LogP contribution < -0.4 is 21.3 Å². The van der Waals surface area contributed by atoms with E-state index in [4.69, 9.17) is 0 Å². The number of aryl methyl sites for hydroxylation is 1. The van der Waals surface area contributed by atoms with Gasteiger partial charge < -0.3 is 30.5 Å². The van der Waals surface area contributed by atoms with E-state index in [1.807, 2.05) is 49.3 Å². The molecule has 2 aromatic carbocycles. The van der Waals surface area contributed by atoms with Gasteiger partial charge in [0.25, 0.3) is 5.91 Å². The molecule has 2 aromatic heterocycles. The number of hydrogen-bond acceptors (Lipinski definition) is 12. The van der Waals surface area contributed by atoms with E-state index in [1.165, 1.54) is 6.07 Å². The molecule has 66 heavy (non-hydrogen) atoms. The summed E-state index contributed by atoms with van der Waals surface area (Å²) in [5.74, 6) is -1.60. The van der Waals surface area contributed by atoms with Crippen LogP contribution in [0.4, 0.5) is 20.4 Å². The number of unbranched alkanes of at least 4 members (excludes halogenated alkanes) is 3. The minimum Gasteiger partial charge on any atom is -0.369 e. The number of nitrogens with zero attached hydrogens (tertiary/aromatic N) is 7. The largest absolute Gasteiger partial charge is 0.369 e. The molecule has 0 bridgehead atoms. The first-order valence-electron chi connectivity index (χ1n) is 22.6. The number of piperidine rings is 1. The summed E-state index contributed by atoms with van der Waals surface area (Å²) in [6.45, 7) is 11.3. The van der Waals surface area contributed by atoms with Crippen LogP contribution in [0, 0.1) is 18.6 Å². The summed E-state index contributed by atoms with van der Waals surface area (Å²) in [5.41, 5.74) is 2.89. The van der Waals surface area contributed by atoms with Crippen LogP contribution in [0.15, 0.2) is 60.1 Å². The Balaban J connectivity index is 0.750. The zero-order chi connectivity index (χ0) is 46.8. The average Bonchev–Trinajstić information content (AvgIpc) is 3.76. The van der Waals surface area contributed by atoms with Gasteiger partial charge in [0.2, 0.25) is 29.6 Å². The number of aliphatic hydroxyl groups is 1. The fraction of sp³-hybridized carbons (Fsp3) is 0.447. The van der Waals surface area contributed by atoms with Crippen LogP contribution >= 0.6 is 0 Å². The van der Waals surface area contributed by atoms with Gasteiger partial charge >= 0.3 is 0 Å². The summed E-state index contributed by atoms with van der Waals surface area (Å²) in [4.78, 5) is 81.6. The highest BCUT2D eigenvalue weighted by Crippen LogP contribution is 2.39. The number of imide groups is 1. The SMILES string of the molecule is Cc1nc2c(F)cc(-c3nc(NC4=CC=C(CN5CCN(C(=O)CCCCCCC(=O)Nc6cccc7c6C(=O)N(C6CCC(=O)NC6=O)C7O)CC5)C(C)N4)ncc3F)cc2n1C(C)C. The minimum absolute atomic E-state index is 0.0253. The lowest BCUT2D eigenvalue weighted by Crippen LogP contribution is -2.53. The lowest BCUT2D eigenvalue weighted by Gasteiger charge is -2.36. The highest BCUT2D eigenvalue weighted by molar-refractivity contribution is 6.10. The molecule has 0 radical (unpaired) electrons. The number of anilines is 2. The average molecular weight is 908 g/mol. The van der Waals surface area contributed by atoms with Crippen molar-refractivity contribution in [3.8, 4) is 11.3 Å². The second kappa shape index (κ2) is 19.5. The number of aliphatic hydroxyl groups excluding tert-OH is 1. The van der Waals surface area contributed by atoms with Gasteiger partial charge in [-0.15, -0.1) is 0 Å². The number of nitrogens with one attached hydrogen (secondary N) is 4. The number of benzene rings is 2. The van der Waals surface area contributed by atoms with Crippen LogP contribution in [0.2, 0.25) is 0 Å². The first-order valence-corrected chi connectivity index (χ1v) is 22.6. The molecule has 5 N–H and O–H groups in total. The van der Waals surface area contributed by atoms with E-state index in [2.05, 4.69) is 41.1 Å². The second-order valence-corrected chi connectivity index (χ2v) is 17.6. The molecule has 348 valence electrons. The third-order valence-electron chi connectivity index (χ3n) is 12.7. The van der Waals surface area contributed by atoms with Crippen LogP contribution in [0.1, 0.15) is 106 Å². The predicted molar refractivity (Wildman–Crippen MR) is 241 cm³/mol. The molecule has 17 nitrogen and oxygen atoms in total. The Morgan fingerprint density at radius 1 is 0.970 bits per heavy atom. The number of rotatable bonds is 15. The van der Waals surface area contributed by atoms with Gasteiger partial charge in [0.1, 0.15) is 28.9 Å². The van der Waals surface area contributed by atoms with E-state index in [1.54, 1.807) is 24.3 Å². The first kappa shape index (κ1) is 45.9. The maximum Gasteiger partial charge on any atom is 0.259 e. The third kappa shape index (κ3) is 9.67. The van der Waals surface area contributed by atoms with E-state index < -0.39 is 41.6 Å². The highest BCUT2D eigenvalue weighted by atomic mass is 19.1. The molecule has 3 atom stereocenters. The maximum atomic E-state index is 15.2. The molecule has 0 saturated carbocycles. The third-order valence-corrected chi connectivity index (χ3v) is 12.7.